The summed E-state index contributed by atoms with van der Waals surface area (Å²) in [6.45, 7) is 6.53. The molecule has 2 aliphatic heterocycles. The molecule has 0 amide bonds. The number of fused-ring (bicyclic) bond motifs is 4. The predicted molar refractivity (Wildman–Crippen MR) is 121 cm³/mol. The number of halogens is 1. The van der Waals surface area contributed by atoms with Crippen LogP contribution in [0.2, 0.25) is 0 Å². The third kappa shape index (κ3) is 3.81. The van der Waals surface area contributed by atoms with Crippen LogP contribution in [0.4, 0.5) is 4.39 Å². The number of amidine groups is 1. The number of benzene rings is 1. The molecule has 0 bridgehead atoms. The van der Waals surface area contributed by atoms with E-state index < -0.39 is 11.4 Å². The van der Waals surface area contributed by atoms with Gasteiger partial charge in [0.05, 0.1) is 12.2 Å². The summed E-state index contributed by atoms with van der Waals surface area (Å²) in [5.74, 6) is 6.88. The van der Waals surface area contributed by atoms with Gasteiger partial charge < -0.3 is 15.2 Å². The molecule has 0 unspecified atom stereocenters. The summed E-state index contributed by atoms with van der Waals surface area (Å²) in [5, 5.41) is 0. The average molecular weight is 443 g/mol. The smallest absolute Gasteiger partial charge is 0.225 e. The van der Waals surface area contributed by atoms with Gasteiger partial charge in [0.15, 0.2) is 0 Å². The highest BCUT2D eigenvalue weighted by Gasteiger charge is 2.46. The fourth-order valence-corrected chi connectivity index (χ4v) is 3.92. The second-order valence-electron chi connectivity index (χ2n) is 9.09. The minimum atomic E-state index is -1.05. The van der Waals surface area contributed by atoms with E-state index in [-0.39, 0.29) is 18.6 Å². The Bertz CT molecular complexity index is 1340. The van der Waals surface area contributed by atoms with Crippen LogP contribution in [0.25, 0.3) is 11.1 Å². The maximum Gasteiger partial charge on any atom is 0.225 e. The molecule has 1 aromatic carbocycles. The summed E-state index contributed by atoms with van der Waals surface area (Å²) in [6.07, 6.45) is 6.14. The van der Waals surface area contributed by atoms with Crippen molar-refractivity contribution in [1.82, 2.24) is 15.0 Å². The standard InChI is InChI=1S/C25H22FN5O2/c1-24(2,3)5-4-15-6-19-23(30-9-15)33-21-8-20(26)17(16-10-28-14-29-11-16)7-18(21)25(19)13-32-12-22(27)31-25/h6-11,14H,12-13H2,1-3H3,(H2,27,31)/t25-/m0/s1. The topological polar surface area (TPSA) is 95.5 Å². The summed E-state index contributed by atoms with van der Waals surface area (Å²) in [4.78, 5) is 17.3. The number of aromatic nitrogens is 3. The van der Waals surface area contributed by atoms with Crippen molar-refractivity contribution in [3.63, 3.8) is 0 Å². The van der Waals surface area contributed by atoms with Gasteiger partial charge in [-0.25, -0.2) is 19.3 Å². The first-order valence-electron chi connectivity index (χ1n) is 10.5. The van der Waals surface area contributed by atoms with E-state index in [1.54, 1.807) is 24.7 Å². The zero-order valence-corrected chi connectivity index (χ0v) is 18.5. The second-order valence-corrected chi connectivity index (χ2v) is 9.09. The zero-order valence-electron chi connectivity index (χ0n) is 18.5. The Hall–Kier alpha value is -3.83. The van der Waals surface area contributed by atoms with Crippen LogP contribution >= 0.6 is 0 Å². The molecule has 1 atom stereocenters. The van der Waals surface area contributed by atoms with Crippen LogP contribution in [-0.4, -0.2) is 34.0 Å². The Morgan fingerprint density at radius 3 is 2.61 bits per heavy atom. The van der Waals surface area contributed by atoms with E-state index in [9.17, 15) is 0 Å². The Morgan fingerprint density at radius 2 is 1.88 bits per heavy atom. The van der Waals surface area contributed by atoms with Gasteiger partial charge in [-0.15, -0.1) is 0 Å². The first kappa shape index (κ1) is 21.0. The van der Waals surface area contributed by atoms with Crippen molar-refractivity contribution in [2.75, 3.05) is 13.2 Å². The monoisotopic (exact) mass is 443 g/mol. The van der Waals surface area contributed by atoms with Crippen molar-refractivity contribution in [3.05, 3.63) is 65.6 Å². The van der Waals surface area contributed by atoms with Crippen molar-refractivity contribution in [2.24, 2.45) is 16.1 Å². The summed E-state index contributed by atoms with van der Waals surface area (Å²) in [7, 11) is 0. The molecule has 0 radical (unpaired) electrons. The van der Waals surface area contributed by atoms with E-state index >= 15 is 4.39 Å². The lowest BCUT2D eigenvalue weighted by molar-refractivity contribution is 0.109. The number of hydrogen-bond donors (Lipinski definition) is 1. The number of rotatable bonds is 1. The molecule has 0 aliphatic carbocycles. The number of pyridine rings is 1. The number of aliphatic imine (C=N–C) groups is 1. The third-order valence-electron chi connectivity index (χ3n) is 5.37. The van der Waals surface area contributed by atoms with Gasteiger partial charge in [-0.05, 0) is 32.9 Å². The summed E-state index contributed by atoms with van der Waals surface area (Å²) in [5.41, 5.74) is 7.79. The fourth-order valence-electron chi connectivity index (χ4n) is 3.92. The maximum absolute atomic E-state index is 15.1. The lowest BCUT2D eigenvalue weighted by Gasteiger charge is -2.39. The molecule has 2 N–H and O–H groups in total. The van der Waals surface area contributed by atoms with Gasteiger partial charge in [0.25, 0.3) is 0 Å². The van der Waals surface area contributed by atoms with Crippen LogP contribution in [0.15, 0.2) is 48.1 Å². The highest BCUT2D eigenvalue weighted by atomic mass is 19.1. The van der Waals surface area contributed by atoms with Crippen molar-refractivity contribution in [1.29, 1.82) is 0 Å². The molecule has 3 aromatic rings. The van der Waals surface area contributed by atoms with Gasteiger partial charge >= 0.3 is 0 Å². The first-order valence-corrected chi connectivity index (χ1v) is 10.5. The van der Waals surface area contributed by atoms with Crippen molar-refractivity contribution in [3.8, 4) is 34.6 Å². The van der Waals surface area contributed by atoms with Crippen LogP contribution in [0.5, 0.6) is 11.6 Å². The van der Waals surface area contributed by atoms with E-state index in [0.29, 0.717) is 45.3 Å². The molecule has 5 rings (SSSR count). The normalized spacial score (nSPS) is 19.0. The average Bonchev–Trinajstić information content (AvgIpc) is 2.78. The Morgan fingerprint density at radius 1 is 1.09 bits per heavy atom. The van der Waals surface area contributed by atoms with E-state index in [1.165, 1.54) is 12.4 Å². The molecule has 33 heavy (non-hydrogen) atoms. The number of ether oxygens (including phenoxy) is 2. The minimum absolute atomic E-state index is 0.169. The van der Waals surface area contributed by atoms with E-state index in [2.05, 4.69) is 26.8 Å². The van der Waals surface area contributed by atoms with Crippen molar-refractivity contribution in [2.45, 2.75) is 26.3 Å². The molecule has 0 fully saturated rings. The SMILES string of the molecule is CC(C)(C)C#Cc1cnc2c(c1)[C@]1(COCC(N)=N1)c1cc(-c3cncnc3)c(F)cc1O2. The Balaban J connectivity index is 1.74. The molecule has 8 heteroatoms. The summed E-state index contributed by atoms with van der Waals surface area (Å²) in [6, 6.07) is 4.92. The van der Waals surface area contributed by atoms with Gasteiger partial charge in [-0.3, -0.25) is 4.99 Å². The minimum Gasteiger partial charge on any atom is -0.438 e. The molecular weight excluding hydrogens is 421 g/mol. The van der Waals surface area contributed by atoms with E-state index in [4.69, 9.17) is 20.2 Å². The lowest BCUT2D eigenvalue weighted by Crippen LogP contribution is -2.42. The van der Waals surface area contributed by atoms with Crippen LogP contribution in [0.1, 0.15) is 37.5 Å². The summed E-state index contributed by atoms with van der Waals surface area (Å²) >= 11 is 0. The molecule has 2 aliphatic rings. The number of nitrogens with two attached hydrogens (primary N) is 1. The Kier molecular flexibility index (Phi) is 4.87. The molecule has 0 saturated heterocycles. The highest BCUT2D eigenvalue weighted by molar-refractivity contribution is 5.84. The quantitative estimate of drug-likeness (QED) is 0.575. The van der Waals surface area contributed by atoms with Gasteiger partial charge in [-0.1, -0.05) is 11.8 Å². The van der Waals surface area contributed by atoms with Crippen LogP contribution in [-0.2, 0) is 10.3 Å². The molecule has 1 spiro atoms. The van der Waals surface area contributed by atoms with E-state index in [1.807, 2.05) is 26.8 Å². The van der Waals surface area contributed by atoms with Gasteiger partial charge in [-0.2, -0.15) is 0 Å². The third-order valence-corrected chi connectivity index (χ3v) is 5.37. The van der Waals surface area contributed by atoms with Gasteiger partial charge in [0, 0.05) is 52.3 Å². The number of hydrogen-bond acceptors (Lipinski definition) is 7. The Labute approximate surface area is 190 Å². The van der Waals surface area contributed by atoms with Crippen molar-refractivity contribution >= 4 is 5.84 Å². The van der Waals surface area contributed by atoms with Crippen molar-refractivity contribution < 1.29 is 13.9 Å². The highest BCUT2D eigenvalue weighted by Crippen LogP contribution is 2.50. The molecule has 0 saturated carbocycles. The first-order chi connectivity index (χ1) is 15.7. The zero-order chi connectivity index (χ0) is 23.2. The van der Waals surface area contributed by atoms with Crippen LogP contribution in [0, 0.1) is 23.1 Å². The van der Waals surface area contributed by atoms with E-state index in [0.717, 1.165) is 0 Å². The maximum atomic E-state index is 15.1. The lowest BCUT2D eigenvalue weighted by atomic mass is 9.80. The molecule has 2 aromatic heterocycles. The number of nitrogens with zero attached hydrogens (tertiary/aromatic N) is 4. The molecule has 166 valence electrons. The largest absolute Gasteiger partial charge is 0.438 e. The fraction of sp³-hybridized carbons (Fsp3) is 0.280. The molecule has 7 nitrogen and oxygen atoms in total. The molecule has 4 heterocycles. The van der Waals surface area contributed by atoms with Crippen LogP contribution in [0.3, 0.4) is 0 Å². The predicted octanol–water partition coefficient (Wildman–Crippen LogP) is 3.81. The van der Waals surface area contributed by atoms with Crippen LogP contribution < -0.4 is 10.5 Å². The van der Waals surface area contributed by atoms with Gasteiger partial charge in [0.2, 0.25) is 5.88 Å². The second kappa shape index (κ2) is 7.64. The molecular formula is C25H22FN5O2. The summed E-state index contributed by atoms with van der Waals surface area (Å²) < 4.78 is 26.9. The van der Waals surface area contributed by atoms with Gasteiger partial charge in [0.1, 0.15) is 35.9 Å².